The summed E-state index contributed by atoms with van der Waals surface area (Å²) in [6.07, 6.45) is 0. The van der Waals surface area contributed by atoms with Crippen molar-refractivity contribution < 1.29 is 9.53 Å². The number of ether oxygens (including phenoxy) is 1. The molecule has 0 radical (unpaired) electrons. The van der Waals surface area contributed by atoms with Crippen LogP contribution in [0.15, 0.2) is 48.5 Å². The third-order valence-electron chi connectivity index (χ3n) is 2.67. The Morgan fingerprint density at radius 1 is 1.20 bits per heavy atom. The van der Waals surface area contributed by atoms with Crippen LogP contribution in [0, 0.1) is 0 Å². The Morgan fingerprint density at radius 3 is 2.65 bits per heavy atom. The van der Waals surface area contributed by atoms with Gasteiger partial charge in [0.1, 0.15) is 5.75 Å². The van der Waals surface area contributed by atoms with E-state index in [1.165, 1.54) is 0 Å². The van der Waals surface area contributed by atoms with E-state index in [1.54, 1.807) is 25.3 Å². The van der Waals surface area contributed by atoms with Gasteiger partial charge in [-0.2, -0.15) is 0 Å². The Morgan fingerprint density at radius 2 is 1.95 bits per heavy atom. The number of nitrogens with one attached hydrogen (secondary N) is 2. The molecule has 2 N–H and O–H groups in total. The number of methoxy groups -OCH3 is 1. The minimum absolute atomic E-state index is 0.127. The first-order valence-electron chi connectivity index (χ1n) is 6.11. The normalized spacial score (nSPS) is 9.90. The Kier molecular flexibility index (Phi) is 4.85. The van der Waals surface area contributed by atoms with Gasteiger partial charge in [-0.1, -0.05) is 29.8 Å². The van der Waals surface area contributed by atoms with Gasteiger partial charge in [-0.05, 0) is 24.3 Å². The molecule has 0 aliphatic rings. The third kappa shape index (κ3) is 3.90. The first kappa shape index (κ1) is 14.2. The van der Waals surface area contributed by atoms with Crippen molar-refractivity contribution in [1.29, 1.82) is 0 Å². The molecule has 5 heteroatoms. The summed E-state index contributed by atoms with van der Waals surface area (Å²) >= 11 is 6.05. The maximum absolute atomic E-state index is 11.8. The lowest BCUT2D eigenvalue weighted by molar-refractivity contribution is -0.114. The van der Waals surface area contributed by atoms with Crippen LogP contribution in [0.25, 0.3) is 0 Å². The molecule has 1 amide bonds. The number of hydrogen-bond acceptors (Lipinski definition) is 3. The van der Waals surface area contributed by atoms with Crippen LogP contribution >= 0.6 is 11.6 Å². The van der Waals surface area contributed by atoms with E-state index in [2.05, 4.69) is 10.6 Å². The van der Waals surface area contributed by atoms with Crippen LogP contribution in [0.5, 0.6) is 5.75 Å². The van der Waals surface area contributed by atoms with Gasteiger partial charge in [-0.15, -0.1) is 0 Å². The molecule has 0 aromatic heterocycles. The van der Waals surface area contributed by atoms with E-state index in [0.717, 1.165) is 5.69 Å². The van der Waals surface area contributed by atoms with Gasteiger partial charge < -0.3 is 15.4 Å². The second-order valence-electron chi connectivity index (χ2n) is 4.11. The van der Waals surface area contributed by atoms with Gasteiger partial charge >= 0.3 is 0 Å². The van der Waals surface area contributed by atoms with Crippen molar-refractivity contribution in [2.45, 2.75) is 0 Å². The number of hydrogen-bond donors (Lipinski definition) is 2. The quantitative estimate of drug-likeness (QED) is 0.887. The predicted molar refractivity (Wildman–Crippen MR) is 81.6 cm³/mol. The number of carbonyl (C=O) groups excluding carboxylic acids is 1. The van der Waals surface area contributed by atoms with Gasteiger partial charge in [0, 0.05) is 11.8 Å². The topological polar surface area (TPSA) is 50.4 Å². The fourth-order valence-electron chi connectivity index (χ4n) is 1.67. The maximum atomic E-state index is 11.8. The zero-order chi connectivity index (χ0) is 14.4. The molecule has 0 aliphatic heterocycles. The number of anilines is 2. The zero-order valence-corrected chi connectivity index (χ0v) is 11.8. The molecule has 0 atom stereocenters. The molecule has 0 bridgehead atoms. The van der Waals surface area contributed by atoms with Crippen molar-refractivity contribution in [3.8, 4) is 5.75 Å². The molecular weight excluding hydrogens is 276 g/mol. The summed E-state index contributed by atoms with van der Waals surface area (Å²) < 4.78 is 5.11. The largest absolute Gasteiger partial charge is 0.497 e. The number of halogens is 1. The van der Waals surface area contributed by atoms with Crippen LogP contribution in [0.1, 0.15) is 0 Å². The van der Waals surface area contributed by atoms with Crippen LogP contribution < -0.4 is 15.4 Å². The van der Waals surface area contributed by atoms with Gasteiger partial charge in [0.15, 0.2) is 0 Å². The van der Waals surface area contributed by atoms with Crippen LogP contribution in [-0.4, -0.2) is 19.6 Å². The molecule has 0 saturated heterocycles. The molecule has 2 rings (SSSR count). The molecule has 2 aromatic rings. The van der Waals surface area contributed by atoms with E-state index in [4.69, 9.17) is 16.3 Å². The number of rotatable bonds is 5. The fourth-order valence-corrected chi connectivity index (χ4v) is 1.85. The van der Waals surface area contributed by atoms with Crippen LogP contribution in [0.2, 0.25) is 5.02 Å². The maximum Gasteiger partial charge on any atom is 0.243 e. The number of benzene rings is 2. The SMILES string of the molecule is COc1ccc(Cl)c(NCC(=O)Nc2ccccc2)c1. The number of para-hydroxylation sites is 1. The predicted octanol–water partition coefficient (Wildman–Crippen LogP) is 3.40. The average Bonchev–Trinajstić information content (AvgIpc) is 2.47. The summed E-state index contributed by atoms with van der Waals surface area (Å²) in [5, 5.41) is 6.31. The fraction of sp³-hybridized carbons (Fsp3) is 0.133. The van der Waals surface area contributed by atoms with Crippen LogP contribution in [0.4, 0.5) is 11.4 Å². The van der Waals surface area contributed by atoms with Gasteiger partial charge in [-0.3, -0.25) is 4.79 Å². The first-order chi connectivity index (χ1) is 9.69. The van der Waals surface area contributed by atoms with Crippen LogP contribution in [0.3, 0.4) is 0 Å². The highest BCUT2D eigenvalue weighted by molar-refractivity contribution is 6.33. The second kappa shape index (κ2) is 6.82. The van der Waals surface area contributed by atoms with E-state index < -0.39 is 0 Å². The minimum atomic E-state index is -0.143. The average molecular weight is 291 g/mol. The Labute approximate surface area is 122 Å². The zero-order valence-electron chi connectivity index (χ0n) is 11.0. The summed E-state index contributed by atoms with van der Waals surface area (Å²) in [4.78, 5) is 11.8. The second-order valence-corrected chi connectivity index (χ2v) is 4.52. The van der Waals surface area contributed by atoms with E-state index >= 15 is 0 Å². The molecular formula is C15H15ClN2O2. The van der Waals surface area contributed by atoms with Crippen molar-refractivity contribution in [1.82, 2.24) is 0 Å². The highest BCUT2D eigenvalue weighted by atomic mass is 35.5. The smallest absolute Gasteiger partial charge is 0.243 e. The molecule has 0 fully saturated rings. The molecule has 0 spiro atoms. The Hall–Kier alpha value is -2.20. The Balaban J connectivity index is 1.93. The van der Waals surface area contributed by atoms with E-state index in [1.807, 2.05) is 30.3 Å². The minimum Gasteiger partial charge on any atom is -0.497 e. The Bertz CT molecular complexity index is 588. The highest BCUT2D eigenvalue weighted by Crippen LogP contribution is 2.26. The van der Waals surface area contributed by atoms with Crippen LogP contribution in [-0.2, 0) is 4.79 Å². The summed E-state index contributed by atoms with van der Waals surface area (Å²) in [6.45, 7) is 0.127. The van der Waals surface area contributed by atoms with Gasteiger partial charge in [0.05, 0.1) is 24.4 Å². The lowest BCUT2D eigenvalue weighted by atomic mass is 10.3. The third-order valence-corrected chi connectivity index (χ3v) is 3.00. The lowest BCUT2D eigenvalue weighted by Gasteiger charge is -2.10. The monoisotopic (exact) mass is 290 g/mol. The first-order valence-corrected chi connectivity index (χ1v) is 6.49. The molecule has 104 valence electrons. The van der Waals surface area contributed by atoms with E-state index in [9.17, 15) is 4.79 Å². The number of carbonyl (C=O) groups is 1. The summed E-state index contributed by atoms with van der Waals surface area (Å²) in [5.74, 6) is 0.537. The lowest BCUT2D eigenvalue weighted by Crippen LogP contribution is -2.21. The molecule has 0 unspecified atom stereocenters. The number of amides is 1. The van der Waals surface area contributed by atoms with Gasteiger partial charge in [0.25, 0.3) is 0 Å². The van der Waals surface area contributed by atoms with Crippen molar-refractivity contribution in [2.75, 3.05) is 24.3 Å². The van der Waals surface area contributed by atoms with Crippen molar-refractivity contribution >= 4 is 28.9 Å². The summed E-state index contributed by atoms with van der Waals surface area (Å²) in [7, 11) is 1.58. The van der Waals surface area contributed by atoms with Gasteiger partial charge in [0.2, 0.25) is 5.91 Å². The highest BCUT2D eigenvalue weighted by Gasteiger charge is 2.05. The summed E-state index contributed by atoms with van der Waals surface area (Å²) in [5.41, 5.74) is 1.42. The molecule has 0 aliphatic carbocycles. The van der Waals surface area contributed by atoms with Crippen molar-refractivity contribution in [3.63, 3.8) is 0 Å². The molecule has 0 saturated carbocycles. The molecule has 4 nitrogen and oxygen atoms in total. The standard InChI is InChI=1S/C15H15ClN2O2/c1-20-12-7-8-13(16)14(9-12)17-10-15(19)18-11-5-3-2-4-6-11/h2-9,17H,10H2,1H3,(H,18,19). The molecule has 20 heavy (non-hydrogen) atoms. The summed E-state index contributed by atoms with van der Waals surface area (Å²) in [6, 6.07) is 14.5. The molecule has 2 aromatic carbocycles. The van der Waals surface area contributed by atoms with E-state index in [-0.39, 0.29) is 12.5 Å². The molecule has 0 heterocycles. The van der Waals surface area contributed by atoms with Crippen molar-refractivity contribution in [2.24, 2.45) is 0 Å². The van der Waals surface area contributed by atoms with E-state index in [0.29, 0.717) is 16.5 Å². The van der Waals surface area contributed by atoms with Gasteiger partial charge in [-0.25, -0.2) is 0 Å². The van der Waals surface area contributed by atoms with Crippen molar-refractivity contribution in [3.05, 3.63) is 53.6 Å².